The molecule has 0 radical (unpaired) electrons. The van der Waals surface area contributed by atoms with Gasteiger partial charge in [-0.05, 0) is 47.1 Å². The van der Waals surface area contributed by atoms with Crippen molar-refractivity contribution in [1.29, 1.82) is 0 Å². The molecule has 0 saturated carbocycles. The SMILES string of the molecule is CCc1nn(C)c(CC(NC)c2ccc(Cl)cc2Br)c1Br. The molecule has 0 amide bonds. The molecule has 1 aromatic heterocycles. The molecule has 114 valence electrons. The van der Waals surface area contributed by atoms with Crippen molar-refractivity contribution in [2.75, 3.05) is 7.05 Å². The third-order valence-corrected chi connectivity index (χ3v) is 5.42. The van der Waals surface area contributed by atoms with Crippen LogP contribution < -0.4 is 5.32 Å². The van der Waals surface area contributed by atoms with Crippen LogP contribution in [0.15, 0.2) is 27.1 Å². The van der Waals surface area contributed by atoms with Gasteiger partial charge in [0.2, 0.25) is 0 Å². The normalized spacial score (nSPS) is 12.7. The van der Waals surface area contributed by atoms with Crippen LogP contribution in [0.2, 0.25) is 5.02 Å². The van der Waals surface area contributed by atoms with Crippen LogP contribution in [-0.2, 0) is 19.9 Å². The maximum atomic E-state index is 6.03. The third kappa shape index (κ3) is 3.70. The van der Waals surface area contributed by atoms with Crippen LogP contribution in [0.1, 0.15) is 29.9 Å². The smallest absolute Gasteiger partial charge is 0.0766 e. The summed E-state index contributed by atoms with van der Waals surface area (Å²) < 4.78 is 4.08. The molecule has 2 rings (SSSR count). The van der Waals surface area contributed by atoms with E-state index >= 15 is 0 Å². The minimum Gasteiger partial charge on any atom is -0.313 e. The molecule has 0 saturated heterocycles. The van der Waals surface area contributed by atoms with Crippen LogP contribution in [0.25, 0.3) is 0 Å². The monoisotopic (exact) mass is 433 g/mol. The fourth-order valence-electron chi connectivity index (χ4n) is 2.39. The van der Waals surface area contributed by atoms with Gasteiger partial charge < -0.3 is 5.32 Å². The van der Waals surface area contributed by atoms with E-state index in [4.69, 9.17) is 11.6 Å². The van der Waals surface area contributed by atoms with Crippen LogP contribution >= 0.6 is 43.5 Å². The predicted octanol–water partition coefficient (Wildman–Crippen LogP) is 4.66. The lowest BCUT2D eigenvalue weighted by molar-refractivity contribution is 0.558. The predicted molar refractivity (Wildman–Crippen MR) is 94.9 cm³/mol. The number of likely N-dealkylation sites (N-methyl/N-ethyl adjacent to an activating group) is 1. The number of benzene rings is 1. The molecule has 1 unspecified atom stereocenters. The molecule has 0 aliphatic carbocycles. The Morgan fingerprint density at radius 1 is 1.38 bits per heavy atom. The molecule has 0 aliphatic rings. The average molecular weight is 436 g/mol. The first-order valence-corrected chi connectivity index (χ1v) is 8.76. The number of rotatable bonds is 5. The second kappa shape index (κ2) is 7.27. The Morgan fingerprint density at radius 2 is 2.10 bits per heavy atom. The number of nitrogens with zero attached hydrogens (tertiary/aromatic N) is 2. The highest BCUT2D eigenvalue weighted by atomic mass is 79.9. The van der Waals surface area contributed by atoms with E-state index < -0.39 is 0 Å². The lowest BCUT2D eigenvalue weighted by Crippen LogP contribution is -2.20. The van der Waals surface area contributed by atoms with Gasteiger partial charge in [-0.15, -0.1) is 0 Å². The maximum Gasteiger partial charge on any atom is 0.0766 e. The molecular formula is C15H18Br2ClN3. The van der Waals surface area contributed by atoms with Crippen LogP contribution in [0, 0.1) is 0 Å². The van der Waals surface area contributed by atoms with E-state index in [1.165, 1.54) is 11.3 Å². The van der Waals surface area contributed by atoms with Crippen molar-refractivity contribution in [1.82, 2.24) is 15.1 Å². The molecule has 0 fully saturated rings. The van der Waals surface area contributed by atoms with Gasteiger partial charge in [-0.25, -0.2) is 0 Å². The average Bonchev–Trinajstić information content (AvgIpc) is 2.72. The summed E-state index contributed by atoms with van der Waals surface area (Å²) in [4.78, 5) is 0. The van der Waals surface area contributed by atoms with Gasteiger partial charge in [0.15, 0.2) is 0 Å². The van der Waals surface area contributed by atoms with Crippen molar-refractivity contribution in [2.24, 2.45) is 7.05 Å². The Morgan fingerprint density at radius 3 is 2.62 bits per heavy atom. The summed E-state index contributed by atoms with van der Waals surface area (Å²) in [5, 5.41) is 8.66. The molecular weight excluding hydrogens is 417 g/mol. The van der Waals surface area contributed by atoms with Crippen molar-refractivity contribution < 1.29 is 0 Å². The fraction of sp³-hybridized carbons (Fsp3) is 0.400. The summed E-state index contributed by atoms with van der Waals surface area (Å²) in [6, 6.07) is 6.09. The lowest BCUT2D eigenvalue weighted by Gasteiger charge is -2.19. The quantitative estimate of drug-likeness (QED) is 0.740. The number of hydrogen-bond donors (Lipinski definition) is 1. The molecule has 2 aromatic rings. The second-order valence-electron chi connectivity index (χ2n) is 4.90. The third-order valence-electron chi connectivity index (χ3n) is 3.59. The molecule has 0 spiro atoms. The van der Waals surface area contributed by atoms with Gasteiger partial charge in [-0.1, -0.05) is 40.5 Å². The molecule has 0 aliphatic heterocycles. The number of aryl methyl sites for hydroxylation is 2. The molecule has 21 heavy (non-hydrogen) atoms. The van der Waals surface area contributed by atoms with Gasteiger partial charge in [0, 0.05) is 29.0 Å². The zero-order chi connectivity index (χ0) is 15.6. The van der Waals surface area contributed by atoms with Crippen molar-refractivity contribution in [3.05, 3.63) is 49.1 Å². The molecule has 1 heterocycles. The molecule has 1 atom stereocenters. The first-order chi connectivity index (χ1) is 9.97. The first kappa shape index (κ1) is 17.0. The van der Waals surface area contributed by atoms with E-state index in [0.717, 1.165) is 32.5 Å². The highest BCUT2D eigenvalue weighted by molar-refractivity contribution is 9.10. The topological polar surface area (TPSA) is 29.9 Å². The summed E-state index contributed by atoms with van der Waals surface area (Å²) >= 11 is 13.3. The summed E-state index contributed by atoms with van der Waals surface area (Å²) in [5.74, 6) is 0. The van der Waals surface area contributed by atoms with Gasteiger partial charge in [-0.3, -0.25) is 4.68 Å². The van der Waals surface area contributed by atoms with E-state index in [9.17, 15) is 0 Å². The lowest BCUT2D eigenvalue weighted by atomic mass is 10.0. The highest BCUT2D eigenvalue weighted by Gasteiger charge is 2.19. The van der Waals surface area contributed by atoms with E-state index in [-0.39, 0.29) is 6.04 Å². The summed E-state index contributed by atoms with van der Waals surface area (Å²) in [6.07, 6.45) is 1.77. The van der Waals surface area contributed by atoms with Gasteiger partial charge >= 0.3 is 0 Å². The van der Waals surface area contributed by atoms with Crippen molar-refractivity contribution >= 4 is 43.5 Å². The number of nitrogens with one attached hydrogen (secondary N) is 1. The number of halogens is 3. The molecule has 0 bridgehead atoms. The molecule has 3 nitrogen and oxygen atoms in total. The standard InChI is InChI=1S/C15H18Br2ClN3/c1-4-12-15(17)14(21(3)20-12)8-13(19-2)10-6-5-9(18)7-11(10)16/h5-7,13,19H,4,8H2,1-3H3. The van der Waals surface area contributed by atoms with Gasteiger partial charge in [0.05, 0.1) is 15.9 Å². The van der Waals surface area contributed by atoms with Gasteiger partial charge in [0.25, 0.3) is 0 Å². The minimum absolute atomic E-state index is 0.188. The molecule has 1 aromatic carbocycles. The van der Waals surface area contributed by atoms with Gasteiger partial charge in [-0.2, -0.15) is 5.10 Å². The van der Waals surface area contributed by atoms with E-state index in [1.807, 2.05) is 30.9 Å². The molecule has 1 N–H and O–H groups in total. The number of aromatic nitrogens is 2. The second-order valence-corrected chi connectivity index (χ2v) is 6.98. The Balaban J connectivity index is 2.33. The fourth-order valence-corrected chi connectivity index (χ4v) is 4.12. The highest BCUT2D eigenvalue weighted by Crippen LogP contribution is 2.31. The minimum atomic E-state index is 0.188. The summed E-state index contributed by atoms with van der Waals surface area (Å²) in [5.41, 5.74) is 3.47. The van der Waals surface area contributed by atoms with Crippen molar-refractivity contribution in [3.63, 3.8) is 0 Å². The van der Waals surface area contributed by atoms with E-state index in [2.05, 4.69) is 55.3 Å². The van der Waals surface area contributed by atoms with E-state index in [1.54, 1.807) is 0 Å². The van der Waals surface area contributed by atoms with Crippen LogP contribution in [0.5, 0.6) is 0 Å². The summed E-state index contributed by atoms with van der Waals surface area (Å²) in [7, 11) is 3.96. The number of hydrogen-bond acceptors (Lipinski definition) is 2. The van der Waals surface area contributed by atoms with Crippen LogP contribution in [0.4, 0.5) is 0 Å². The Hall–Kier alpha value is -0.360. The van der Waals surface area contributed by atoms with Crippen molar-refractivity contribution in [3.8, 4) is 0 Å². The summed E-state index contributed by atoms with van der Waals surface area (Å²) in [6.45, 7) is 2.11. The zero-order valence-corrected chi connectivity index (χ0v) is 16.2. The Kier molecular flexibility index (Phi) is 5.88. The van der Waals surface area contributed by atoms with Crippen LogP contribution in [-0.4, -0.2) is 16.8 Å². The van der Waals surface area contributed by atoms with E-state index in [0.29, 0.717) is 0 Å². The first-order valence-electron chi connectivity index (χ1n) is 6.80. The van der Waals surface area contributed by atoms with Crippen LogP contribution in [0.3, 0.4) is 0 Å². The van der Waals surface area contributed by atoms with Crippen molar-refractivity contribution in [2.45, 2.75) is 25.8 Å². The van der Waals surface area contributed by atoms with Gasteiger partial charge in [0.1, 0.15) is 0 Å². The Bertz CT molecular complexity index is 640. The zero-order valence-electron chi connectivity index (χ0n) is 12.3. The maximum absolute atomic E-state index is 6.03. The largest absolute Gasteiger partial charge is 0.313 e. The molecule has 6 heteroatoms. The Labute approximate surface area is 147 Å².